The maximum absolute atomic E-state index is 12.6. The molecule has 0 saturated carbocycles. The highest BCUT2D eigenvalue weighted by atomic mass is 16.5. The third kappa shape index (κ3) is 8.73. The van der Waals surface area contributed by atoms with Gasteiger partial charge < -0.3 is 19.3 Å². The Morgan fingerprint density at radius 1 is 0.574 bits per heavy atom. The minimum Gasteiger partial charge on any atom is -0.478 e. The summed E-state index contributed by atoms with van der Waals surface area (Å²) in [5.41, 5.74) is 6.01. The normalized spacial score (nSPS) is 10.2. The molecule has 0 saturated heterocycles. The van der Waals surface area contributed by atoms with E-state index in [0.29, 0.717) is 33.6 Å². The molecule has 10 heteroatoms. The minimum absolute atomic E-state index is 0.126. The smallest absolute Gasteiger partial charge is 0.340 e. The molecule has 0 aliphatic rings. The first-order valence-corrected chi connectivity index (χ1v) is 14.4. The highest BCUT2D eigenvalue weighted by Gasteiger charge is 2.17. The van der Waals surface area contributed by atoms with Gasteiger partial charge in [0.05, 0.1) is 47.9 Å². The molecule has 5 aromatic rings. The molecule has 0 bridgehead atoms. The Kier molecular flexibility index (Phi) is 11.3. The van der Waals surface area contributed by atoms with Crippen molar-refractivity contribution in [2.24, 2.45) is 0 Å². The molecule has 0 aliphatic heterocycles. The molecule has 0 radical (unpaired) electrons. The van der Waals surface area contributed by atoms with Crippen LogP contribution in [0.1, 0.15) is 58.4 Å². The zero-order valence-electron chi connectivity index (χ0n) is 26.2. The summed E-state index contributed by atoms with van der Waals surface area (Å²) in [6.45, 7) is 3.83. The van der Waals surface area contributed by atoms with Crippen LogP contribution in [-0.4, -0.2) is 53.2 Å². The zero-order chi connectivity index (χ0) is 33.9. The quantitative estimate of drug-likeness (QED) is 0.144. The number of carbonyl (C=O) groups excluding carboxylic acids is 3. The molecule has 0 aliphatic carbocycles. The van der Waals surface area contributed by atoms with Gasteiger partial charge in [0.15, 0.2) is 0 Å². The Morgan fingerprint density at radius 2 is 1.02 bits per heavy atom. The lowest BCUT2D eigenvalue weighted by Crippen LogP contribution is -2.09. The van der Waals surface area contributed by atoms with Crippen LogP contribution in [0, 0.1) is 13.8 Å². The van der Waals surface area contributed by atoms with Crippen LogP contribution in [0.4, 0.5) is 0 Å². The number of benzene rings is 3. The van der Waals surface area contributed by atoms with E-state index in [1.165, 1.54) is 20.3 Å². The maximum atomic E-state index is 12.6. The van der Waals surface area contributed by atoms with Crippen LogP contribution in [-0.2, 0) is 20.8 Å². The Hall–Kier alpha value is -6.16. The second-order valence-corrected chi connectivity index (χ2v) is 10.2. The molecule has 0 spiro atoms. The van der Waals surface area contributed by atoms with E-state index in [2.05, 4.69) is 14.7 Å². The molecule has 1 N–H and O–H groups in total. The van der Waals surface area contributed by atoms with E-state index < -0.39 is 23.9 Å². The summed E-state index contributed by atoms with van der Waals surface area (Å²) in [4.78, 5) is 55.5. The van der Waals surface area contributed by atoms with Crippen molar-refractivity contribution < 1.29 is 38.5 Å². The minimum atomic E-state index is -1.04. The van der Waals surface area contributed by atoms with Gasteiger partial charge in [-0.2, -0.15) is 0 Å². The lowest BCUT2D eigenvalue weighted by Gasteiger charge is -2.11. The number of ether oxygens (including phenoxy) is 3. The van der Waals surface area contributed by atoms with Gasteiger partial charge in [0.25, 0.3) is 0 Å². The highest BCUT2D eigenvalue weighted by Crippen LogP contribution is 2.25. The predicted molar refractivity (Wildman–Crippen MR) is 174 cm³/mol. The number of nitrogens with zero attached hydrogens (tertiary/aromatic N) is 2. The van der Waals surface area contributed by atoms with E-state index >= 15 is 0 Å². The number of hydrogen-bond acceptors (Lipinski definition) is 9. The van der Waals surface area contributed by atoms with Crippen molar-refractivity contribution in [2.75, 3.05) is 14.2 Å². The Balaban J connectivity index is 0.000000223. The number of carboxylic acid groups (broad SMARTS) is 1. The summed E-state index contributed by atoms with van der Waals surface area (Å²) in [5.74, 6) is -2.34. The van der Waals surface area contributed by atoms with E-state index in [9.17, 15) is 24.3 Å². The summed E-state index contributed by atoms with van der Waals surface area (Å²) >= 11 is 0. The molecule has 0 atom stereocenters. The topological polar surface area (TPSA) is 142 Å². The average molecular weight is 633 g/mol. The van der Waals surface area contributed by atoms with E-state index in [0.717, 1.165) is 22.5 Å². The molecule has 10 nitrogen and oxygen atoms in total. The van der Waals surface area contributed by atoms with Crippen molar-refractivity contribution in [1.29, 1.82) is 0 Å². The van der Waals surface area contributed by atoms with Crippen LogP contribution in [0.25, 0.3) is 22.5 Å². The number of aromatic carboxylic acids is 1. The van der Waals surface area contributed by atoms with Crippen LogP contribution < -0.4 is 0 Å². The number of hydrogen-bond donors (Lipinski definition) is 1. The van der Waals surface area contributed by atoms with Crippen molar-refractivity contribution in [3.8, 4) is 22.5 Å². The van der Waals surface area contributed by atoms with E-state index in [-0.39, 0.29) is 12.2 Å². The second-order valence-electron chi connectivity index (χ2n) is 10.2. The Bertz CT molecular complexity index is 1890. The maximum Gasteiger partial charge on any atom is 0.340 e. The number of carboxylic acids is 1. The molecule has 5 rings (SSSR count). The number of aromatic nitrogens is 2. The monoisotopic (exact) mass is 632 g/mol. The fraction of sp³-hybridized carbons (Fsp3) is 0.135. The van der Waals surface area contributed by atoms with Crippen molar-refractivity contribution in [3.05, 3.63) is 142 Å². The Morgan fingerprint density at radius 3 is 1.47 bits per heavy atom. The van der Waals surface area contributed by atoms with Crippen molar-refractivity contribution >= 4 is 23.9 Å². The third-order valence-corrected chi connectivity index (χ3v) is 6.89. The summed E-state index contributed by atoms with van der Waals surface area (Å²) in [5, 5.41) is 9.18. The summed E-state index contributed by atoms with van der Waals surface area (Å²) < 4.78 is 14.8. The summed E-state index contributed by atoms with van der Waals surface area (Å²) in [7, 11) is 2.64. The van der Waals surface area contributed by atoms with Crippen molar-refractivity contribution in [1.82, 2.24) is 9.97 Å². The fourth-order valence-electron chi connectivity index (χ4n) is 4.46. The van der Waals surface area contributed by atoms with Gasteiger partial charge >= 0.3 is 23.9 Å². The summed E-state index contributed by atoms with van der Waals surface area (Å²) in [6, 6.07) is 29.4. The number of aryl methyl sites for hydroxylation is 2. The third-order valence-electron chi connectivity index (χ3n) is 6.89. The molecular formula is C37H32N2O8. The van der Waals surface area contributed by atoms with E-state index in [1.807, 2.05) is 37.3 Å². The second kappa shape index (κ2) is 15.7. The molecule has 2 heterocycles. The van der Waals surface area contributed by atoms with Crippen molar-refractivity contribution in [2.45, 2.75) is 20.5 Å². The molecule has 0 unspecified atom stereocenters. The van der Waals surface area contributed by atoms with Gasteiger partial charge in [-0.3, -0.25) is 9.97 Å². The molecule has 0 amide bonds. The number of carbonyl (C=O) groups is 4. The number of methoxy groups -OCH3 is 2. The van der Waals surface area contributed by atoms with E-state index in [4.69, 9.17) is 9.47 Å². The zero-order valence-corrected chi connectivity index (χ0v) is 26.2. The first kappa shape index (κ1) is 33.7. The lowest BCUT2D eigenvalue weighted by molar-refractivity contribution is 0.0471. The standard InChI is InChI=1S/C22H19NO4.C15H13NO4/c1-15-8-13-19(22(25)27-14-16-6-4-3-5-7-16)20(23-15)17-9-11-18(12-10-17)21(24)26-2;1-9-3-8-12(14(17)18)13(16-9)10-4-6-11(7-5-10)15(19)20-2/h3-13H,14H2,1-2H3;3-8H,1-2H3,(H,17,18). The highest BCUT2D eigenvalue weighted by molar-refractivity contribution is 5.97. The van der Waals surface area contributed by atoms with Gasteiger partial charge in [-0.05, 0) is 67.9 Å². The van der Waals surface area contributed by atoms with Gasteiger partial charge in [-0.25, -0.2) is 19.2 Å². The number of rotatable bonds is 8. The van der Waals surface area contributed by atoms with Crippen LogP contribution in [0.3, 0.4) is 0 Å². The molecule has 0 fully saturated rings. The Labute approximate surface area is 271 Å². The summed E-state index contributed by atoms with van der Waals surface area (Å²) in [6.07, 6.45) is 0. The lowest BCUT2D eigenvalue weighted by atomic mass is 10.0. The van der Waals surface area contributed by atoms with Crippen molar-refractivity contribution in [3.63, 3.8) is 0 Å². The predicted octanol–water partition coefficient (Wildman–Crippen LogP) is 6.74. The fourth-order valence-corrected chi connectivity index (χ4v) is 4.46. The van der Waals surface area contributed by atoms with Crippen LogP contribution in [0.2, 0.25) is 0 Å². The number of esters is 3. The van der Waals surface area contributed by atoms with Crippen LogP contribution in [0.15, 0.2) is 103 Å². The van der Waals surface area contributed by atoms with Gasteiger partial charge in [0.2, 0.25) is 0 Å². The SMILES string of the molecule is COC(=O)c1ccc(-c2nc(C)ccc2C(=O)O)cc1.COC(=O)c1ccc(-c2nc(C)ccc2C(=O)OCc2ccccc2)cc1. The first-order chi connectivity index (χ1) is 22.6. The molecule has 2 aromatic heterocycles. The van der Waals surface area contributed by atoms with Gasteiger partial charge in [-0.1, -0.05) is 54.6 Å². The number of pyridine rings is 2. The molecule has 3 aromatic carbocycles. The molecule has 238 valence electrons. The first-order valence-electron chi connectivity index (χ1n) is 14.4. The van der Waals surface area contributed by atoms with Crippen LogP contribution >= 0.6 is 0 Å². The van der Waals surface area contributed by atoms with Gasteiger partial charge in [-0.15, -0.1) is 0 Å². The van der Waals surface area contributed by atoms with Gasteiger partial charge in [0.1, 0.15) is 6.61 Å². The molecule has 47 heavy (non-hydrogen) atoms. The average Bonchev–Trinajstić information content (AvgIpc) is 3.10. The molecular weight excluding hydrogens is 600 g/mol. The van der Waals surface area contributed by atoms with E-state index in [1.54, 1.807) is 73.7 Å². The van der Waals surface area contributed by atoms with Crippen LogP contribution in [0.5, 0.6) is 0 Å². The largest absolute Gasteiger partial charge is 0.478 e. The van der Waals surface area contributed by atoms with Gasteiger partial charge in [0, 0.05) is 22.5 Å².